The van der Waals surface area contributed by atoms with Gasteiger partial charge in [-0.2, -0.15) is 0 Å². The minimum absolute atomic E-state index is 0.0929. The molecule has 1 aromatic heterocycles. The lowest BCUT2D eigenvalue weighted by Crippen LogP contribution is -2.43. The number of carbonyl (C=O) groups is 1. The molecule has 0 spiro atoms. The number of alkyl halides is 2. The van der Waals surface area contributed by atoms with E-state index in [-0.39, 0.29) is 31.8 Å². The van der Waals surface area contributed by atoms with Gasteiger partial charge in [0.2, 0.25) is 0 Å². The second-order valence-electron chi connectivity index (χ2n) is 5.65. The molecule has 1 amide bonds. The van der Waals surface area contributed by atoms with E-state index in [4.69, 9.17) is 0 Å². The number of piperidine rings is 1. The largest absolute Gasteiger partial charge is 0.338 e. The van der Waals surface area contributed by atoms with E-state index < -0.39 is 5.92 Å². The molecule has 2 aliphatic rings. The first-order chi connectivity index (χ1) is 9.46. The van der Waals surface area contributed by atoms with Gasteiger partial charge in [0.15, 0.2) is 0 Å². The Kier molecular flexibility index (Phi) is 3.18. The Balaban J connectivity index is 1.74. The molecule has 20 heavy (non-hydrogen) atoms. The Hall–Kier alpha value is -1.59. The summed E-state index contributed by atoms with van der Waals surface area (Å²) in [6.07, 6.45) is 3.23. The topological polar surface area (TPSA) is 46.1 Å². The van der Waals surface area contributed by atoms with Gasteiger partial charge in [0.05, 0.1) is 11.3 Å². The summed E-state index contributed by atoms with van der Waals surface area (Å²) < 4.78 is 26.2. The monoisotopic (exact) mass is 281 g/mol. The van der Waals surface area contributed by atoms with Gasteiger partial charge in [-0.05, 0) is 19.8 Å². The van der Waals surface area contributed by atoms with E-state index in [1.807, 2.05) is 0 Å². The molecule has 6 heteroatoms. The predicted molar refractivity (Wildman–Crippen MR) is 68.8 cm³/mol. The molecule has 1 aliphatic carbocycles. The number of carbonyl (C=O) groups excluding carboxylic acids is 1. The van der Waals surface area contributed by atoms with Crippen molar-refractivity contribution in [1.29, 1.82) is 0 Å². The molecule has 0 atom stereocenters. The maximum Gasteiger partial charge on any atom is 0.257 e. The third kappa shape index (κ3) is 2.64. The zero-order chi connectivity index (χ0) is 14.3. The molecule has 3 rings (SSSR count). The van der Waals surface area contributed by atoms with Crippen LogP contribution in [0.2, 0.25) is 0 Å². The maximum atomic E-state index is 13.1. The van der Waals surface area contributed by atoms with E-state index in [0.717, 1.165) is 18.7 Å². The summed E-state index contributed by atoms with van der Waals surface area (Å²) in [6, 6.07) is 0. The number of aryl methyl sites for hydroxylation is 1. The number of hydrogen-bond acceptors (Lipinski definition) is 3. The molecule has 0 aromatic carbocycles. The van der Waals surface area contributed by atoms with E-state index in [1.54, 1.807) is 13.1 Å². The first-order valence-corrected chi connectivity index (χ1v) is 6.97. The molecule has 2 heterocycles. The fourth-order valence-corrected chi connectivity index (χ4v) is 2.44. The summed E-state index contributed by atoms with van der Waals surface area (Å²) in [6.45, 7) is 1.96. The quantitative estimate of drug-likeness (QED) is 0.837. The standard InChI is InChI=1S/C14H17F2N3O/c1-9-11(8-17-12(18-9)10-2-3-10)13(20)19-6-4-14(15,16)5-7-19/h8,10H,2-7H2,1H3. The number of hydrogen-bond donors (Lipinski definition) is 0. The maximum absolute atomic E-state index is 13.1. The molecule has 4 nitrogen and oxygen atoms in total. The predicted octanol–water partition coefficient (Wildman–Crippen LogP) is 2.53. The molecule has 0 N–H and O–H groups in total. The van der Waals surface area contributed by atoms with E-state index in [9.17, 15) is 13.6 Å². The minimum Gasteiger partial charge on any atom is -0.338 e. The first kappa shape index (κ1) is 13.4. The fraction of sp³-hybridized carbons (Fsp3) is 0.643. The van der Waals surface area contributed by atoms with E-state index in [1.165, 1.54) is 4.90 Å². The van der Waals surface area contributed by atoms with Gasteiger partial charge >= 0.3 is 0 Å². The van der Waals surface area contributed by atoms with Crippen molar-refractivity contribution in [3.63, 3.8) is 0 Å². The average Bonchev–Trinajstić information content (AvgIpc) is 3.22. The van der Waals surface area contributed by atoms with E-state index in [0.29, 0.717) is 17.2 Å². The Morgan fingerprint density at radius 1 is 1.35 bits per heavy atom. The van der Waals surface area contributed by atoms with Crippen LogP contribution in [0.4, 0.5) is 8.78 Å². The van der Waals surface area contributed by atoms with Crippen LogP contribution in [-0.4, -0.2) is 39.8 Å². The van der Waals surface area contributed by atoms with Gasteiger partial charge in [-0.15, -0.1) is 0 Å². The average molecular weight is 281 g/mol. The summed E-state index contributed by atoms with van der Waals surface area (Å²) in [5.74, 6) is -1.64. The van der Waals surface area contributed by atoms with Crippen molar-refractivity contribution in [3.8, 4) is 0 Å². The van der Waals surface area contributed by atoms with Crippen molar-refractivity contribution in [2.45, 2.75) is 44.4 Å². The second-order valence-corrected chi connectivity index (χ2v) is 5.65. The molecular formula is C14H17F2N3O. The lowest BCUT2D eigenvalue weighted by atomic mass is 10.1. The van der Waals surface area contributed by atoms with Crippen molar-refractivity contribution in [1.82, 2.24) is 14.9 Å². The lowest BCUT2D eigenvalue weighted by Gasteiger charge is -2.31. The highest BCUT2D eigenvalue weighted by molar-refractivity contribution is 5.95. The van der Waals surface area contributed by atoms with Gasteiger partial charge in [-0.3, -0.25) is 4.79 Å². The highest BCUT2D eigenvalue weighted by Gasteiger charge is 2.36. The normalized spacial score (nSPS) is 21.9. The highest BCUT2D eigenvalue weighted by atomic mass is 19.3. The molecular weight excluding hydrogens is 264 g/mol. The molecule has 1 saturated heterocycles. The number of nitrogens with zero attached hydrogens (tertiary/aromatic N) is 3. The van der Waals surface area contributed by atoms with E-state index >= 15 is 0 Å². The van der Waals surface area contributed by atoms with Crippen LogP contribution in [0, 0.1) is 6.92 Å². The molecule has 108 valence electrons. The fourth-order valence-electron chi connectivity index (χ4n) is 2.44. The summed E-state index contributed by atoms with van der Waals surface area (Å²) in [4.78, 5) is 22.4. The van der Waals surface area contributed by atoms with Crippen LogP contribution in [0.15, 0.2) is 6.20 Å². The Morgan fingerprint density at radius 3 is 2.55 bits per heavy atom. The van der Waals surface area contributed by atoms with Crippen LogP contribution in [0.3, 0.4) is 0 Å². The van der Waals surface area contributed by atoms with Crippen molar-refractivity contribution in [2.75, 3.05) is 13.1 Å². The molecule has 0 unspecified atom stereocenters. The van der Waals surface area contributed by atoms with Crippen molar-refractivity contribution in [2.24, 2.45) is 0 Å². The van der Waals surface area contributed by atoms with Crippen LogP contribution in [0.1, 0.15) is 53.5 Å². The molecule has 2 fully saturated rings. The zero-order valence-electron chi connectivity index (χ0n) is 11.4. The van der Waals surface area contributed by atoms with Crippen LogP contribution >= 0.6 is 0 Å². The number of rotatable bonds is 2. The van der Waals surface area contributed by atoms with Gasteiger partial charge in [0.25, 0.3) is 11.8 Å². The third-order valence-electron chi connectivity index (χ3n) is 3.95. The van der Waals surface area contributed by atoms with Gasteiger partial charge in [0.1, 0.15) is 5.82 Å². The summed E-state index contributed by atoms with van der Waals surface area (Å²) in [7, 11) is 0. The summed E-state index contributed by atoms with van der Waals surface area (Å²) >= 11 is 0. The number of likely N-dealkylation sites (tertiary alicyclic amines) is 1. The SMILES string of the molecule is Cc1nc(C2CC2)ncc1C(=O)N1CCC(F)(F)CC1. The highest BCUT2D eigenvalue weighted by Crippen LogP contribution is 2.38. The van der Waals surface area contributed by atoms with Crippen molar-refractivity contribution < 1.29 is 13.6 Å². The second kappa shape index (κ2) is 4.75. The molecule has 1 aromatic rings. The van der Waals surface area contributed by atoms with E-state index in [2.05, 4.69) is 9.97 Å². The number of aromatic nitrogens is 2. The van der Waals surface area contributed by atoms with Crippen molar-refractivity contribution in [3.05, 3.63) is 23.3 Å². The van der Waals surface area contributed by atoms with Crippen LogP contribution < -0.4 is 0 Å². The summed E-state index contributed by atoms with van der Waals surface area (Å²) in [5, 5.41) is 0. The van der Waals surface area contributed by atoms with Crippen LogP contribution in [0.25, 0.3) is 0 Å². The van der Waals surface area contributed by atoms with Crippen LogP contribution in [0.5, 0.6) is 0 Å². The zero-order valence-corrected chi connectivity index (χ0v) is 11.4. The first-order valence-electron chi connectivity index (χ1n) is 6.97. The van der Waals surface area contributed by atoms with Gasteiger partial charge in [-0.1, -0.05) is 0 Å². The number of halogens is 2. The summed E-state index contributed by atoms with van der Waals surface area (Å²) in [5.41, 5.74) is 1.07. The van der Waals surface area contributed by atoms with Crippen molar-refractivity contribution >= 4 is 5.91 Å². The Labute approximate surface area is 116 Å². The van der Waals surface area contributed by atoms with Gasteiger partial charge in [-0.25, -0.2) is 18.7 Å². The minimum atomic E-state index is -2.64. The smallest absolute Gasteiger partial charge is 0.257 e. The molecule has 0 bridgehead atoms. The number of amides is 1. The molecule has 1 aliphatic heterocycles. The Morgan fingerprint density at radius 2 is 2.00 bits per heavy atom. The van der Waals surface area contributed by atoms with Gasteiger partial charge < -0.3 is 4.90 Å². The third-order valence-corrected chi connectivity index (χ3v) is 3.95. The molecule has 1 saturated carbocycles. The lowest BCUT2D eigenvalue weighted by molar-refractivity contribution is -0.0494. The Bertz CT molecular complexity index is 533. The molecule has 0 radical (unpaired) electrons. The van der Waals surface area contributed by atoms with Gasteiger partial charge in [0, 0.05) is 38.0 Å². The van der Waals surface area contributed by atoms with Crippen LogP contribution in [-0.2, 0) is 0 Å².